The zero-order chi connectivity index (χ0) is 11.9. The number of hydrogen-bond acceptors (Lipinski definition) is 4. The van der Waals surface area contributed by atoms with Gasteiger partial charge in [0.2, 0.25) is 0 Å². The average Bonchev–Trinajstić information content (AvgIpc) is 2.11. The number of esters is 1. The van der Waals surface area contributed by atoms with E-state index in [2.05, 4.69) is 0 Å². The summed E-state index contributed by atoms with van der Waals surface area (Å²) >= 11 is 0. The van der Waals surface area contributed by atoms with Gasteiger partial charge in [-0.1, -0.05) is 19.1 Å². The maximum Gasteiger partial charge on any atom is 0.329 e. The zero-order valence-corrected chi connectivity index (χ0v) is 9.39. The highest BCUT2D eigenvalue weighted by molar-refractivity contribution is 7.51. The highest BCUT2D eigenvalue weighted by Crippen LogP contribution is 2.33. The van der Waals surface area contributed by atoms with Crippen molar-refractivity contribution in [1.82, 2.24) is 0 Å². The quantitative estimate of drug-likeness (QED) is 0.341. The lowest BCUT2D eigenvalue weighted by Crippen LogP contribution is -2.30. The molecule has 0 aromatic rings. The molecule has 0 rings (SSSR count). The van der Waals surface area contributed by atoms with Crippen molar-refractivity contribution in [2.75, 3.05) is 12.8 Å². The first kappa shape index (κ1) is 14.3. The molecule has 0 spiro atoms. The van der Waals surface area contributed by atoms with Crippen LogP contribution < -0.4 is 5.73 Å². The lowest BCUT2D eigenvalue weighted by molar-refractivity contribution is -0.143. The van der Waals surface area contributed by atoms with E-state index in [1.54, 1.807) is 0 Å². The van der Waals surface area contributed by atoms with Gasteiger partial charge in [-0.2, -0.15) is 0 Å². The van der Waals surface area contributed by atoms with Crippen molar-refractivity contribution in [2.45, 2.75) is 19.4 Å². The molecular weight excluding hydrogens is 221 g/mol. The third kappa shape index (κ3) is 8.32. The van der Waals surface area contributed by atoms with Crippen LogP contribution in [0.25, 0.3) is 0 Å². The van der Waals surface area contributed by atoms with Gasteiger partial charge in [-0.05, 0) is 6.42 Å². The molecule has 0 aliphatic heterocycles. The summed E-state index contributed by atoms with van der Waals surface area (Å²) in [5, 5.41) is 0. The normalized spacial score (nSPS) is 14.1. The van der Waals surface area contributed by atoms with Gasteiger partial charge in [0.1, 0.15) is 6.04 Å². The predicted octanol–water partition coefficient (Wildman–Crippen LogP) is 0.000800. The van der Waals surface area contributed by atoms with Crippen LogP contribution in [0.4, 0.5) is 0 Å². The second kappa shape index (κ2) is 6.74. The molecule has 0 fully saturated rings. The van der Waals surface area contributed by atoms with E-state index in [1.807, 2.05) is 6.92 Å². The average molecular weight is 237 g/mol. The van der Waals surface area contributed by atoms with E-state index >= 15 is 0 Å². The molecule has 0 aliphatic carbocycles. The summed E-state index contributed by atoms with van der Waals surface area (Å²) in [6.45, 7) is 2.14. The van der Waals surface area contributed by atoms with Crippen molar-refractivity contribution < 1.29 is 23.9 Å². The molecule has 0 radical (unpaired) electrons. The second-order valence-corrected chi connectivity index (χ2v) is 4.66. The first-order chi connectivity index (χ1) is 6.87. The van der Waals surface area contributed by atoms with E-state index in [-0.39, 0.29) is 0 Å². The number of nitrogens with two attached hydrogens (primary N) is 1. The molecule has 6 nitrogen and oxygen atoms in total. The minimum atomic E-state index is -4.07. The van der Waals surface area contributed by atoms with Gasteiger partial charge >= 0.3 is 13.6 Å². The van der Waals surface area contributed by atoms with Crippen molar-refractivity contribution >= 4 is 13.6 Å². The van der Waals surface area contributed by atoms with Crippen molar-refractivity contribution in [3.05, 3.63) is 12.2 Å². The Morgan fingerprint density at radius 3 is 2.67 bits per heavy atom. The smallest absolute Gasteiger partial charge is 0.329 e. The van der Waals surface area contributed by atoms with E-state index in [9.17, 15) is 9.36 Å². The molecule has 1 unspecified atom stereocenters. The van der Waals surface area contributed by atoms with Crippen LogP contribution in [0.2, 0.25) is 0 Å². The van der Waals surface area contributed by atoms with Crippen LogP contribution in [0, 0.1) is 0 Å². The Balaban J connectivity index is 3.96. The number of carbonyl (C=O) groups excluding carboxylic acids is 1. The van der Waals surface area contributed by atoms with E-state index in [0.717, 1.165) is 0 Å². The molecule has 15 heavy (non-hydrogen) atoms. The Morgan fingerprint density at radius 1 is 1.60 bits per heavy atom. The molecule has 7 heteroatoms. The summed E-state index contributed by atoms with van der Waals surface area (Å²) in [4.78, 5) is 28.1. The Kier molecular flexibility index (Phi) is 6.43. The van der Waals surface area contributed by atoms with E-state index in [0.29, 0.717) is 13.0 Å². The molecule has 0 amide bonds. The van der Waals surface area contributed by atoms with Crippen LogP contribution in [0.5, 0.6) is 0 Å². The van der Waals surface area contributed by atoms with Gasteiger partial charge in [0.25, 0.3) is 0 Å². The van der Waals surface area contributed by atoms with E-state index in [1.165, 1.54) is 12.2 Å². The van der Waals surface area contributed by atoms with Gasteiger partial charge in [-0.15, -0.1) is 0 Å². The molecule has 0 aliphatic rings. The van der Waals surface area contributed by atoms with Crippen LogP contribution >= 0.6 is 7.60 Å². The SMILES string of the molecule is CCCOC(=O)C(N)C=CCP(=O)(O)O. The Hall–Kier alpha value is -0.680. The fourth-order valence-electron chi connectivity index (χ4n) is 0.722. The Morgan fingerprint density at radius 2 is 2.20 bits per heavy atom. The molecular formula is C8H16NO5P. The molecule has 0 aromatic carbocycles. The van der Waals surface area contributed by atoms with Gasteiger partial charge in [-0.25, -0.2) is 0 Å². The van der Waals surface area contributed by atoms with E-state index < -0.39 is 25.8 Å². The van der Waals surface area contributed by atoms with Gasteiger partial charge in [0.15, 0.2) is 0 Å². The van der Waals surface area contributed by atoms with Crippen molar-refractivity contribution in [3.8, 4) is 0 Å². The summed E-state index contributed by atoms with van der Waals surface area (Å²) in [5.41, 5.74) is 5.37. The molecule has 0 aromatic heterocycles. The number of hydrogen-bond donors (Lipinski definition) is 3. The van der Waals surface area contributed by atoms with Crippen LogP contribution in [-0.2, 0) is 14.1 Å². The Labute approximate surface area is 88.3 Å². The van der Waals surface area contributed by atoms with E-state index in [4.69, 9.17) is 20.3 Å². The zero-order valence-electron chi connectivity index (χ0n) is 8.50. The largest absolute Gasteiger partial charge is 0.464 e. The summed E-state index contributed by atoms with van der Waals surface area (Å²) < 4.78 is 15.2. The summed E-state index contributed by atoms with van der Waals surface area (Å²) in [6, 6.07) is -0.969. The molecule has 0 heterocycles. The third-order valence-corrected chi connectivity index (χ3v) is 2.09. The predicted molar refractivity (Wildman–Crippen MR) is 55.3 cm³/mol. The summed E-state index contributed by atoms with van der Waals surface area (Å²) in [7, 11) is -4.07. The summed E-state index contributed by atoms with van der Waals surface area (Å²) in [6.07, 6.45) is 2.67. The second-order valence-electron chi connectivity index (χ2n) is 2.97. The standard InChI is InChI=1S/C8H16NO5P/c1-2-5-14-8(10)7(9)4-3-6-15(11,12)13/h3-4,7H,2,5-6,9H2,1H3,(H2,11,12,13). The number of allylic oxidation sites excluding steroid dienone is 1. The lowest BCUT2D eigenvalue weighted by Gasteiger charge is -2.06. The molecule has 88 valence electrons. The molecule has 0 saturated heterocycles. The molecule has 0 saturated carbocycles. The maximum absolute atomic E-state index is 11.1. The first-order valence-electron chi connectivity index (χ1n) is 4.50. The first-order valence-corrected chi connectivity index (χ1v) is 6.30. The maximum atomic E-state index is 11.1. The summed E-state index contributed by atoms with van der Waals surface area (Å²) in [5.74, 6) is -0.598. The van der Waals surface area contributed by atoms with Gasteiger partial charge in [-0.3, -0.25) is 9.36 Å². The topological polar surface area (TPSA) is 110 Å². The third-order valence-electron chi connectivity index (χ3n) is 1.41. The molecule has 4 N–H and O–H groups in total. The fraction of sp³-hybridized carbons (Fsp3) is 0.625. The van der Waals surface area contributed by atoms with Gasteiger partial charge in [0, 0.05) is 0 Å². The minimum absolute atomic E-state index is 0.291. The number of ether oxygens (including phenoxy) is 1. The van der Waals surface area contributed by atoms with Crippen LogP contribution in [-0.4, -0.2) is 34.6 Å². The van der Waals surface area contributed by atoms with Crippen LogP contribution in [0.15, 0.2) is 12.2 Å². The lowest BCUT2D eigenvalue weighted by atomic mass is 10.3. The van der Waals surface area contributed by atoms with Crippen molar-refractivity contribution in [2.24, 2.45) is 5.73 Å². The minimum Gasteiger partial charge on any atom is -0.464 e. The fourth-order valence-corrected chi connectivity index (χ4v) is 1.12. The number of carbonyl (C=O) groups is 1. The highest BCUT2D eigenvalue weighted by Gasteiger charge is 2.13. The van der Waals surface area contributed by atoms with Crippen molar-refractivity contribution in [3.63, 3.8) is 0 Å². The van der Waals surface area contributed by atoms with Crippen LogP contribution in [0.1, 0.15) is 13.3 Å². The van der Waals surface area contributed by atoms with Crippen molar-refractivity contribution in [1.29, 1.82) is 0 Å². The Bertz CT molecular complexity index is 272. The highest BCUT2D eigenvalue weighted by atomic mass is 31.2. The number of rotatable bonds is 6. The molecule has 1 atom stereocenters. The van der Waals surface area contributed by atoms with Gasteiger partial charge in [0.05, 0.1) is 12.8 Å². The monoisotopic (exact) mass is 237 g/mol. The van der Waals surface area contributed by atoms with Gasteiger partial charge < -0.3 is 20.3 Å². The van der Waals surface area contributed by atoms with Crippen LogP contribution in [0.3, 0.4) is 0 Å². The molecule has 0 bridgehead atoms.